The van der Waals surface area contributed by atoms with Crippen LogP contribution in [0.1, 0.15) is 22.7 Å². The number of benzene rings is 2. The van der Waals surface area contributed by atoms with Gasteiger partial charge in [0.25, 0.3) is 0 Å². The third-order valence-corrected chi connectivity index (χ3v) is 4.63. The van der Waals surface area contributed by atoms with Crippen LogP contribution < -0.4 is 5.32 Å². The van der Waals surface area contributed by atoms with Crippen molar-refractivity contribution in [2.75, 3.05) is 7.05 Å². The highest BCUT2D eigenvalue weighted by atomic mass is 79.9. The van der Waals surface area contributed by atoms with Crippen LogP contribution in [0.15, 0.2) is 40.9 Å². The van der Waals surface area contributed by atoms with Crippen molar-refractivity contribution in [3.63, 3.8) is 0 Å². The summed E-state index contributed by atoms with van der Waals surface area (Å²) in [4.78, 5) is 0. The highest BCUT2D eigenvalue weighted by molar-refractivity contribution is 9.10. The van der Waals surface area contributed by atoms with Crippen molar-refractivity contribution in [1.29, 1.82) is 0 Å². The van der Waals surface area contributed by atoms with Gasteiger partial charge in [0.15, 0.2) is 0 Å². The van der Waals surface area contributed by atoms with E-state index in [9.17, 15) is 0 Å². The fourth-order valence-corrected chi connectivity index (χ4v) is 3.13. The Hall–Kier alpha value is -0.540. The number of hydrogen-bond acceptors (Lipinski definition) is 1. The van der Waals surface area contributed by atoms with Gasteiger partial charge in [-0.15, -0.1) is 0 Å². The Labute approximate surface area is 138 Å². The standard InChI is InChI=1S/C16H16BrCl2N/c1-10-3-5-14(17)13(7-10)16(20-2)9-11-8-12(18)4-6-15(11)19/h3-8,16,20H,9H2,1-2H3. The van der Waals surface area contributed by atoms with E-state index in [-0.39, 0.29) is 6.04 Å². The Bertz CT molecular complexity index is 613. The van der Waals surface area contributed by atoms with Gasteiger partial charge < -0.3 is 5.32 Å². The normalized spacial score (nSPS) is 12.4. The molecular formula is C16H16BrCl2N. The minimum Gasteiger partial charge on any atom is -0.313 e. The number of aryl methyl sites for hydroxylation is 1. The first-order valence-corrected chi connectivity index (χ1v) is 7.93. The van der Waals surface area contributed by atoms with Crippen LogP contribution in [-0.4, -0.2) is 7.05 Å². The molecule has 1 unspecified atom stereocenters. The van der Waals surface area contributed by atoms with Crippen molar-refractivity contribution in [2.45, 2.75) is 19.4 Å². The summed E-state index contributed by atoms with van der Waals surface area (Å²) in [6.07, 6.45) is 0.790. The molecule has 0 saturated carbocycles. The second kappa shape index (κ2) is 6.95. The van der Waals surface area contributed by atoms with Gasteiger partial charge in [0.05, 0.1) is 0 Å². The summed E-state index contributed by atoms with van der Waals surface area (Å²) in [7, 11) is 1.96. The quantitative estimate of drug-likeness (QED) is 0.739. The molecule has 0 spiro atoms. The van der Waals surface area contributed by atoms with Crippen LogP contribution in [0.25, 0.3) is 0 Å². The van der Waals surface area contributed by atoms with Gasteiger partial charge in [-0.2, -0.15) is 0 Å². The molecule has 2 rings (SSSR count). The van der Waals surface area contributed by atoms with Crippen molar-refractivity contribution in [1.82, 2.24) is 5.32 Å². The lowest BCUT2D eigenvalue weighted by Gasteiger charge is -2.19. The average Bonchev–Trinajstić information content (AvgIpc) is 2.42. The maximum Gasteiger partial charge on any atom is 0.0439 e. The minimum atomic E-state index is 0.181. The Morgan fingerprint density at radius 2 is 1.90 bits per heavy atom. The molecule has 0 aliphatic carbocycles. The lowest BCUT2D eigenvalue weighted by Crippen LogP contribution is -2.19. The monoisotopic (exact) mass is 371 g/mol. The van der Waals surface area contributed by atoms with Crippen LogP contribution in [0.4, 0.5) is 0 Å². The molecule has 0 radical (unpaired) electrons. The van der Waals surface area contributed by atoms with E-state index in [1.165, 1.54) is 11.1 Å². The van der Waals surface area contributed by atoms with Crippen LogP contribution in [0, 0.1) is 6.92 Å². The molecule has 0 aromatic heterocycles. The summed E-state index contributed by atoms with van der Waals surface area (Å²) in [5, 5.41) is 4.81. The summed E-state index contributed by atoms with van der Waals surface area (Å²) in [5.74, 6) is 0. The van der Waals surface area contributed by atoms with Gasteiger partial charge in [0, 0.05) is 20.6 Å². The van der Waals surface area contributed by atoms with Gasteiger partial charge in [-0.05, 0) is 55.8 Å². The predicted molar refractivity (Wildman–Crippen MR) is 90.8 cm³/mol. The molecule has 2 aromatic carbocycles. The van der Waals surface area contributed by atoms with E-state index in [4.69, 9.17) is 23.2 Å². The summed E-state index contributed by atoms with van der Waals surface area (Å²) in [5.41, 5.74) is 3.51. The zero-order chi connectivity index (χ0) is 14.7. The van der Waals surface area contributed by atoms with E-state index < -0.39 is 0 Å². The van der Waals surface area contributed by atoms with Crippen molar-refractivity contribution < 1.29 is 0 Å². The molecule has 4 heteroatoms. The highest BCUT2D eigenvalue weighted by Gasteiger charge is 2.15. The number of rotatable bonds is 4. The van der Waals surface area contributed by atoms with Crippen LogP contribution in [0.3, 0.4) is 0 Å². The Morgan fingerprint density at radius 3 is 2.60 bits per heavy atom. The van der Waals surface area contributed by atoms with E-state index >= 15 is 0 Å². The number of halogens is 3. The van der Waals surface area contributed by atoms with Gasteiger partial charge in [-0.3, -0.25) is 0 Å². The molecule has 0 fully saturated rings. The Morgan fingerprint density at radius 1 is 1.15 bits per heavy atom. The number of likely N-dealkylation sites (N-methyl/N-ethyl adjacent to an activating group) is 1. The van der Waals surface area contributed by atoms with E-state index in [2.05, 4.69) is 46.4 Å². The van der Waals surface area contributed by atoms with Gasteiger partial charge in [0.2, 0.25) is 0 Å². The molecule has 0 aliphatic heterocycles. The fraction of sp³-hybridized carbons (Fsp3) is 0.250. The van der Waals surface area contributed by atoms with Crippen molar-refractivity contribution in [3.8, 4) is 0 Å². The summed E-state index contributed by atoms with van der Waals surface area (Å²) >= 11 is 15.9. The lowest BCUT2D eigenvalue weighted by atomic mass is 9.97. The highest BCUT2D eigenvalue weighted by Crippen LogP contribution is 2.30. The second-order valence-electron chi connectivity index (χ2n) is 4.81. The van der Waals surface area contributed by atoms with Crippen LogP contribution >= 0.6 is 39.1 Å². The van der Waals surface area contributed by atoms with Gasteiger partial charge >= 0.3 is 0 Å². The molecule has 0 heterocycles. The Kier molecular flexibility index (Phi) is 5.50. The third kappa shape index (κ3) is 3.76. The van der Waals surface area contributed by atoms with Gasteiger partial charge in [-0.25, -0.2) is 0 Å². The second-order valence-corrected chi connectivity index (χ2v) is 6.50. The molecule has 0 bridgehead atoms. The van der Waals surface area contributed by atoms with Crippen LogP contribution in [0.5, 0.6) is 0 Å². The van der Waals surface area contributed by atoms with E-state index in [0.29, 0.717) is 5.02 Å². The number of hydrogen-bond donors (Lipinski definition) is 1. The van der Waals surface area contributed by atoms with Crippen LogP contribution in [0.2, 0.25) is 10.0 Å². The fourth-order valence-electron chi connectivity index (χ4n) is 2.22. The molecule has 0 aliphatic rings. The van der Waals surface area contributed by atoms with Crippen molar-refractivity contribution >= 4 is 39.1 Å². The van der Waals surface area contributed by atoms with Gasteiger partial charge in [0.1, 0.15) is 0 Å². The summed E-state index contributed by atoms with van der Waals surface area (Å²) in [6.45, 7) is 2.09. The van der Waals surface area contributed by atoms with Crippen LogP contribution in [-0.2, 0) is 6.42 Å². The minimum absolute atomic E-state index is 0.181. The molecule has 1 N–H and O–H groups in total. The average molecular weight is 373 g/mol. The molecule has 1 atom stereocenters. The zero-order valence-electron chi connectivity index (χ0n) is 11.4. The first-order chi connectivity index (χ1) is 9.51. The van der Waals surface area contributed by atoms with Crippen molar-refractivity contribution in [2.24, 2.45) is 0 Å². The first-order valence-electron chi connectivity index (χ1n) is 6.38. The lowest BCUT2D eigenvalue weighted by molar-refractivity contribution is 0.589. The summed E-state index contributed by atoms with van der Waals surface area (Å²) in [6, 6.07) is 12.1. The zero-order valence-corrected chi connectivity index (χ0v) is 14.5. The maximum atomic E-state index is 6.26. The predicted octanol–water partition coefficient (Wildman–Crippen LogP) is 5.57. The summed E-state index contributed by atoms with van der Waals surface area (Å²) < 4.78 is 1.10. The van der Waals surface area contributed by atoms with Gasteiger partial charge in [-0.1, -0.05) is 56.8 Å². The topological polar surface area (TPSA) is 12.0 Å². The van der Waals surface area contributed by atoms with E-state index in [1.807, 2.05) is 25.2 Å². The SMILES string of the molecule is CNC(Cc1cc(Cl)ccc1Cl)c1cc(C)ccc1Br. The Balaban J connectivity index is 2.33. The smallest absolute Gasteiger partial charge is 0.0439 e. The molecule has 20 heavy (non-hydrogen) atoms. The molecule has 106 valence electrons. The molecule has 0 saturated heterocycles. The molecular weight excluding hydrogens is 357 g/mol. The maximum absolute atomic E-state index is 6.26. The molecule has 0 amide bonds. The van der Waals surface area contributed by atoms with E-state index in [0.717, 1.165) is 21.5 Å². The molecule has 1 nitrogen and oxygen atoms in total. The van der Waals surface area contributed by atoms with Crippen molar-refractivity contribution in [3.05, 3.63) is 67.6 Å². The largest absolute Gasteiger partial charge is 0.313 e. The van der Waals surface area contributed by atoms with E-state index in [1.54, 1.807) is 0 Å². The third-order valence-electron chi connectivity index (χ3n) is 3.31. The first kappa shape index (κ1) is 15.8. The molecule has 2 aromatic rings. The number of nitrogens with one attached hydrogen (secondary N) is 1.